The Morgan fingerprint density at radius 3 is 1.72 bits per heavy atom. The number of aromatic nitrogens is 1. The summed E-state index contributed by atoms with van der Waals surface area (Å²) in [5.41, 5.74) is 2.37. The fraction of sp³-hybridized carbons (Fsp3) is 0.476. The Kier molecular flexibility index (Phi) is 20.3. The Morgan fingerprint density at radius 2 is 1.17 bits per heavy atom. The summed E-state index contributed by atoms with van der Waals surface area (Å²) < 4.78 is 0. The molecule has 0 saturated carbocycles. The number of phenolic OH excluding ortho intramolecular Hbond substituents is 2. The molecule has 0 aliphatic carbocycles. The van der Waals surface area contributed by atoms with E-state index in [2.05, 4.69) is 27.8 Å². The second-order valence-corrected chi connectivity index (χ2v) is 6.59. The van der Waals surface area contributed by atoms with Crippen LogP contribution in [-0.4, -0.2) is 41.4 Å². The van der Waals surface area contributed by atoms with E-state index in [1.54, 1.807) is 6.07 Å². The van der Waals surface area contributed by atoms with Gasteiger partial charge in [-0.3, -0.25) is 4.98 Å². The Bertz CT molecular complexity index is 634. The highest BCUT2D eigenvalue weighted by Gasteiger charge is 2.00. The first-order valence-corrected chi connectivity index (χ1v) is 9.57. The number of nitrogens with one attached hydrogen (secondary N) is 2. The van der Waals surface area contributed by atoms with Crippen LogP contribution in [0.4, 0.5) is 0 Å². The molecular weight excluding hydrogens is 566 g/mol. The number of halogens is 3. The van der Waals surface area contributed by atoms with Gasteiger partial charge in [0.25, 0.3) is 0 Å². The second kappa shape index (κ2) is 19.3. The molecule has 1 aromatic carbocycles. The van der Waals surface area contributed by atoms with Crippen molar-refractivity contribution in [1.29, 1.82) is 0 Å². The maximum absolute atomic E-state index is 9.46. The minimum Gasteiger partial charge on any atom is -0.504 e. The highest BCUT2D eigenvalue weighted by Crippen LogP contribution is 2.24. The Balaban J connectivity index is 0. The number of aromatic hydroxyl groups is 2. The lowest BCUT2D eigenvalue weighted by atomic mass is 10.1. The number of hydrogen-bond donors (Lipinski definition) is 4. The number of hydrogen-bond acceptors (Lipinski definition) is 5. The van der Waals surface area contributed by atoms with Crippen molar-refractivity contribution in [1.82, 2.24) is 15.6 Å². The van der Waals surface area contributed by atoms with Gasteiger partial charge in [0.1, 0.15) is 0 Å². The summed E-state index contributed by atoms with van der Waals surface area (Å²) in [6, 6.07) is 9.14. The number of pyridine rings is 1. The van der Waals surface area contributed by atoms with Gasteiger partial charge in [-0.1, -0.05) is 18.9 Å². The molecule has 2 rings (SSSR count). The highest BCUT2D eigenvalue weighted by atomic mass is 79.9. The minimum atomic E-state index is -0.0615. The Hall–Kier alpha value is -0.670. The molecule has 29 heavy (non-hydrogen) atoms. The summed E-state index contributed by atoms with van der Waals surface area (Å²) in [6.07, 6.45) is 10.5. The summed E-state index contributed by atoms with van der Waals surface area (Å²) in [6.45, 7) is 4.03. The zero-order valence-corrected chi connectivity index (χ0v) is 21.8. The molecule has 0 saturated heterocycles. The molecule has 0 unspecified atom stereocenters. The molecule has 0 fully saturated rings. The van der Waals surface area contributed by atoms with Gasteiger partial charge >= 0.3 is 0 Å². The van der Waals surface area contributed by atoms with Crippen LogP contribution < -0.4 is 10.6 Å². The zero-order valence-electron chi connectivity index (χ0n) is 16.7. The average Bonchev–Trinajstić information content (AvgIpc) is 2.66. The third kappa shape index (κ3) is 14.0. The zero-order chi connectivity index (χ0) is 18.5. The predicted octanol–water partition coefficient (Wildman–Crippen LogP) is 4.75. The molecule has 0 amide bonds. The van der Waals surface area contributed by atoms with Crippen molar-refractivity contribution in [2.24, 2.45) is 0 Å². The molecule has 166 valence electrons. The summed E-state index contributed by atoms with van der Waals surface area (Å²) in [5, 5.41) is 25.7. The molecule has 2 aromatic rings. The number of benzene rings is 1. The van der Waals surface area contributed by atoms with Crippen LogP contribution in [0.1, 0.15) is 36.8 Å². The molecule has 1 aromatic heterocycles. The Labute approximate surface area is 206 Å². The number of phenols is 2. The third-order valence-electron chi connectivity index (χ3n) is 4.43. The molecule has 0 bridgehead atoms. The molecule has 0 aliphatic rings. The summed E-state index contributed by atoms with van der Waals surface area (Å²) in [4.78, 5) is 4.03. The van der Waals surface area contributed by atoms with E-state index >= 15 is 0 Å². The van der Waals surface area contributed by atoms with Gasteiger partial charge in [-0.25, -0.2) is 0 Å². The second-order valence-electron chi connectivity index (χ2n) is 6.59. The molecule has 4 N–H and O–H groups in total. The van der Waals surface area contributed by atoms with E-state index in [-0.39, 0.29) is 62.4 Å². The van der Waals surface area contributed by atoms with Gasteiger partial charge in [0.05, 0.1) is 0 Å². The predicted molar refractivity (Wildman–Crippen MR) is 137 cm³/mol. The lowest BCUT2D eigenvalue weighted by Gasteiger charge is -2.07. The van der Waals surface area contributed by atoms with E-state index in [1.807, 2.05) is 18.5 Å². The normalized spacial score (nSPS) is 9.79. The quantitative estimate of drug-likeness (QED) is 0.197. The lowest BCUT2D eigenvalue weighted by molar-refractivity contribution is 0.403. The molecule has 8 heteroatoms. The molecule has 0 radical (unpaired) electrons. The van der Waals surface area contributed by atoms with Crippen molar-refractivity contribution >= 4 is 50.9 Å². The van der Waals surface area contributed by atoms with E-state index in [4.69, 9.17) is 0 Å². The van der Waals surface area contributed by atoms with Crippen LogP contribution >= 0.6 is 50.9 Å². The van der Waals surface area contributed by atoms with Crippen molar-refractivity contribution in [3.8, 4) is 11.5 Å². The molecule has 0 spiro atoms. The van der Waals surface area contributed by atoms with E-state index in [0.29, 0.717) is 0 Å². The molecule has 0 atom stereocenters. The summed E-state index contributed by atoms with van der Waals surface area (Å²) in [7, 11) is 0. The van der Waals surface area contributed by atoms with Crippen LogP contribution in [0.5, 0.6) is 11.5 Å². The van der Waals surface area contributed by atoms with Crippen LogP contribution in [-0.2, 0) is 12.8 Å². The molecular formula is C21H34Br3N3O2. The highest BCUT2D eigenvalue weighted by molar-refractivity contribution is 8.93. The van der Waals surface area contributed by atoms with Crippen LogP contribution in [0.25, 0.3) is 0 Å². The number of rotatable bonds is 13. The van der Waals surface area contributed by atoms with Gasteiger partial charge in [0, 0.05) is 12.4 Å². The monoisotopic (exact) mass is 597 g/mol. The van der Waals surface area contributed by atoms with Crippen LogP contribution in [0.15, 0.2) is 42.7 Å². The molecule has 0 aliphatic heterocycles. The number of nitrogens with zero attached hydrogens (tertiary/aromatic N) is 1. The maximum Gasteiger partial charge on any atom is 0.157 e. The van der Waals surface area contributed by atoms with Crippen molar-refractivity contribution < 1.29 is 10.2 Å². The number of unbranched alkanes of at least 4 members (excludes halogenated alkanes) is 3. The van der Waals surface area contributed by atoms with E-state index in [1.165, 1.54) is 37.3 Å². The van der Waals surface area contributed by atoms with Gasteiger partial charge in [-0.05, 0) is 87.3 Å². The topological polar surface area (TPSA) is 77.4 Å². The van der Waals surface area contributed by atoms with Crippen LogP contribution in [0, 0.1) is 0 Å². The van der Waals surface area contributed by atoms with Gasteiger partial charge in [0.2, 0.25) is 0 Å². The fourth-order valence-electron chi connectivity index (χ4n) is 2.84. The van der Waals surface area contributed by atoms with Crippen molar-refractivity contribution in [2.75, 3.05) is 26.2 Å². The standard InChI is InChI=1S/C21H31N3O2.3BrH/c25-20-6-5-19(17-21(20)26)10-16-23-12-4-2-1-3-11-22-13-7-18-8-14-24-15-9-18;;;/h5-6,8-9,14-15,17,22-23,25-26H,1-4,7,10-13,16H2;3*1H. The largest absolute Gasteiger partial charge is 0.504 e. The first kappa shape index (κ1) is 30.5. The van der Waals surface area contributed by atoms with Crippen LogP contribution in [0.2, 0.25) is 0 Å². The van der Waals surface area contributed by atoms with Gasteiger partial charge in [-0.15, -0.1) is 50.9 Å². The van der Waals surface area contributed by atoms with Crippen molar-refractivity contribution in [3.05, 3.63) is 53.9 Å². The fourth-order valence-corrected chi connectivity index (χ4v) is 2.84. The molecule has 5 nitrogen and oxygen atoms in total. The maximum atomic E-state index is 9.46. The average molecular weight is 600 g/mol. The summed E-state index contributed by atoms with van der Waals surface area (Å²) in [5.74, 6) is -0.106. The van der Waals surface area contributed by atoms with Crippen LogP contribution in [0.3, 0.4) is 0 Å². The van der Waals surface area contributed by atoms with Crippen molar-refractivity contribution in [2.45, 2.75) is 38.5 Å². The third-order valence-corrected chi connectivity index (χ3v) is 4.43. The van der Waals surface area contributed by atoms with Crippen molar-refractivity contribution in [3.63, 3.8) is 0 Å². The van der Waals surface area contributed by atoms with Gasteiger partial charge in [0.15, 0.2) is 11.5 Å². The van der Waals surface area contributed by atoms with E-state index < -0.39 is 0 Å². The van der Waals surface area contributed by atoms with Gasteiger partial charge < -0.3 is 20.8 Å². The SMILES string of the molecule is Br.Br.Br.Oc1ccc(CCNCCCCCCNCCc2ccncc2)cc1O. The van der Waals surface area contributed by atoms with E-state index in [0.717, 1.165) is 44.6 Å². The smallest absolute Gasteiger partial charge is 0.157 e. The minimum absolute atomic E-state index is 0. The van der Waals surface area contributed by atoms with Gasteiger partial charge in [-0.2, -0.15) is 0 Å². The van der Waals surface area contributed by atoms with E-state index in [9.17, 15) is 10.2 Å². The summed E-state index contributed by atoms with van der Waals surface area (Å²) >= 11 is 0. The first-order chi connectivity index (χ1) is 12.8. The lowest BCUT2D eigenvalue weighted by Crippen LogP contribution is -2.19. The molecule has 1 heterocycles. The first-order valence-electron chi connectivity index (χ1n) is 9.57. The Morgan fingerprint density at radius 1 is 0.621 bits per heavy atom.